The monoisotopic (exact) mass is 279 g/mol. The maximum atomic E-state index is 11.5. The molecule has 0 aliphatic rings. The highest BCUT2D eigenvalue weighted by atomic mass is 16.1. The summed E-state index contributed by atoms with van der Waals surface area (Å²) in [5.74, 6) is 1.90. The highest BCUT2D eigenvalue weighted by Gasteiger charge is 2.18. The first-order valence-corrected chi connectivity index (χ1v) is 7.01. The van der Waals surface area contributed by atoms with Crippen molar-refractivity contribution in [3.63, 3.8) is 0 Å². The zero-order chi connectivity index (χ0) is 15.1. The van der Waals surface area contributed by atoms with Crippen LogP contribution in [0.3, 0.4) is 0 Å². The van der Waals surface area contributed by atoms with Gasteiger partial charge in [-0.2, -0.15) is 0 Å². The van der Waals surface area contributed by atoms with Gasteiger partial charge in [-0.25, -0.2) is 9.97 Å². The molecule has 2 N–H and O–H groups in total. The Morgan fingerprint density at radius 1 is 1.40 bits per heavy atom. The van der Waals surface area contributed by atoms with E-state index in [9.17, 15) is 4.79 Å². The Kier molecular flexibility index (Phi) is 6.21. The summed E-state index contributed by atoms with van der Waals surface area (Å²) in [5.41, 5.74) is 1.05. The SMILES string of the molecule is CCCNc1ncnc(N(C)CC(=O)NC)c1C(C)C. The fourth-order valence-electron chi connectivity index (χ4n) is 1.98. The van der Waals surface area contributed by atoms with Gasteiger partial charge < -0.3 is 15.5 Å². The molecule has 112 valence electrons. The highest BCUT2D eigenvalue weighted by molar-refractivity contribution is 5.81. The molecule has 6 heteroatoms. The van der Waals surface area contributed by atoms with Crippen molar-refractivity contribution in [1.29, 1.82) is 0 Å². The van der Waals surface area contributed by atoms with Gasteiger partial charge in [-0.3, -0.25) is 4.79 Å². The van der Waals surface area contributed by atoms with Crippen molar-refractivity contribution in [2.24, 2.45) is 0 Å². The molecule has 0 radical (unpaired) electrons. The number of anilines is 2. The first-order valence-electron chi connectivity index (χ1n) is 7.01. The summed E-state index contributed by atoms with van der Waals surface area (Å²) in [6.45, 7) is 7.47. The van der Waals surface area contributed by atoms with Crippen LogP contribution in [-0.2, 0) is 4.79 Å². The van der Waals surface area contributed by atoms with Gasteiger partial charge in [0.25, 0.3) is 0 Å². The molecule has 0 spiro atoms. The van der Waals surface area contributed by atoms with Crippen LogP contribution in [0.2, 0.25) is 0 Å². The fraction of sp³-hybridized carbons (Fsp3) is 0.643. The van der Waals surface area contributed by atoms with E-state index in [0.717, 1.165) is 30.2 Å². The van der Waals surface area contributed by atoms with E-state index in [0.29, 0.717) is 0 Å². The minimum absolute atomic E-state index is 0.0381. The zero-order valence-corrected chi connectivity index (χ0v) is 13.0. The Balaban J connectivity index is 3.08. The van der Waals surface area contributed by atoms with Crippen molar-refractivity contribution in [3.05, 3.63) is 11.9 Å². The fourth-order valence-corrected chi connectivity index (χ4v) is 1.98. The van der Waals surface area contributed by atoms with Gasteiger partial charge in [-0.15, -0.1) is 0 Å². The third-order valence-electron chi connectivity index (χ3n) is 3.00. The molecule has 20 heavy (non-hydrogen) atoms. The van der Waals surface area contributed by atoms with Crippen molar-refractivity contribution in [2.75, 3.05) is 37.4 Å². The molecule has 1 aromatic heterocycles. The number of amides is 1. The van der Waals surface area contributed by atoms with Crippen LogP contribution in [-0.4, -0.2) is 43.1 Å². The number of nitrogens with zero attached hydrogens (tertiary/aromatic N) is 3. The van der Waals surface area contributed by atoms with Crippen molar-refractivity contribution < 1.29 is 4.79 Å². The second kappa shape index (κ2) is 7.67. The molecule has 6 nitrogen and oxygen atoms in total. The van der Waals surface area contributed by atoms with E-state index in [4.69, 9.17) is 0 Å². The molecule has 0 saturated heterocycles. The maximum Gasteiger partial charge on any atom is 0.239 e. The molecule has 0 aromatic carbocycles. The van der Waals surface area contributed by atoms with Crippen LogP contribution < -0.4 is 15.5 Å². The summed E-state index contributed by atoms with van der Waals surface area (Å²) in [6.07, 6.45) is 2.57. The van der Waals surface area contributed by atoms with E-state index in [1.807, 2.05) is 11.9 Å². The van der Waals surface area contributed by atoms with Gasteiger partial charge in [0.2, 0.25) is 5.91 Å². The molecule has 1 heterocycles. The quantitative estimate of drug-likeness (QED) is 0.793. The van der Waals surface area contributed by atoms with Crippen LogP contribution in [0, 0.1) is 0 Å². The first-order chi connectivity index (χ1) is 9.51. The minimum atomic E-state index is -0.0381. The molecule has 1 aromatic rings. The predicted molar refractivity (Wildman–Crippen MR) is 82.2 cm³/mol. The molecular formula is C14H25N5O. The van der Waals surface area contributed by atoms with Gasteiger partial charge in [0, 0.05) is 26.2 Å². The zero-order valence-electron chi connectivity index (χ0n) is 13.0. The van der Waals surface area contributed by atoms with E-state index in [-0.39, 0.29) is 18.4 Å². The molecule has 0 aliphatic heterocycles. The number of hydrogen-bond acceptors (Lipinski definition) is 5. The van der Waals surface area contributed by atoms with Gasteiger partial charge in [0.15, 0.2) is 0 Å². The average Bonchev–Trinajstić information content (AvgIpc) is 2.44. The van der Waals surface area contributed by atoms with E-state index >= 15 is 0 Å². The lowest BCUT2D eigenvalue weighted by atomic mass is 10.0. The lowest BCUT2D eigenvalue weighted by molar-refractivity contribution is -0.119. The van der Waals surface area contributed by atoms with Gasteiger partial charge in [-0.05, 0) is 12.3 Å². The van der Waals surface area contributed by atoms with Gasteiger partial charge in [0.05, 0.1) is 6.54 Å². The van der Waals surface area contributed by atoms with Crippen LogP contribution in [0.5, 0.6) is 0 Å². The molecule has 0 atom stereocenters. The summed E-state index contributed by atoms with van der Waals surface area (Å²) >= 11 is 0. The maximum absolute atomic E-state index is 11.5. The lowest BCUT2D eigenvalue weighted by Gasteiger charge is -2.23. The van der Waals surface area contributed by atoms with Gasteiger partial charge in [-0.1, -0.05) is 20.8 Å². The summed E-state index contributed by atoms with van der Waals surface area (Å²) in [7, 11) is 3.50. The molecule has 0 saturated carbocycles. The number of rotatable bonds is 7. The molecule has 1 rings (SSSR count). The normalized spacial score (nSPS) is 10.5. The summed E-state index contributed by atoms with van der Waals surface area (Å²) in [6, 6.07) is 0. The number of nitrogens with one attached hydrogen (secondary N) is 2. The number of carbonyl (C=O) groups excluding carboxylic acids is 1. The summed E-state index contributed by atoms with van der Waals surface area (Å²) < 4.78 is 0. The molecule has 0 unspecified atom stereocenters. The third kappa shape index (κ3) is 4.08. The molecule has 0 fully saturated rings. The van der Waals surface area contributed by atoms with E-state index in [2.05, 4.69) is 41.4 Å². The minimum Gasteiger partial charge on any atom is -0.370 e. The Morgan fingerprint density at radius 2 is 2.10 bits per heavy atom. The summed E-state index contributed by atoms with van der Waals surface area (Å²) in [4.78, 5) is 22.1. The molecule has 0 bridgehead atoms. The molecule has 0 aliphatic carbocycles. The smallest absolute Gasteiger partial charge is 0.239 e. The average molecular weight is 279 g/mol. The molecule has 1 amide bonds. The Morgan fingerprint density at radius 3 is 2.65 bits per heavy atom. The number of hydrogen-bond donors (Lipinski definition) is 2. The second-order valence-electron chi connectivity index (χ2n) is 5.07. The van der Waals surface area contributed by atoms with Crippen molar-refractivity contribution in [2.45, 2.75) is 33.1 Å². The van der Waals surface area contributed by atoms with Crippen LogP contribution in [0.15, 0.2) is 6.33 Å². The summed E-state index contributed by atoms with van der Waals surface area (Å²) in [5, 5.41) is 5.95. The van der Waals surface area contributed by atoms with Crippen molar-refractivity contribution in [1.82, 2.24) is 15.3 Å². The number of aromatic nitrogens is 2. The predicted octanol–water partition coefficient (Wildman–Crippen LogP) is 1.60. The third-order valence-corrected chi connectivity index (χ3v) is 3.00. The second-order valence-corrected chi connectivity index (χ2v) is 5.07. The van der Waals surface area contributed by atoms with Crippen LogP contribution >= 0.6 is 0 Å². The largest absolute Gasteiger partial charge is 0.370 e. The highest BCUT2D eigenvalue weighted by Crippen LogP contribution is 2.30. The Hall–Kier alpha value is -1.85. The molecular weight excluding hydrogens is 254 g/mol. The van der Waals surface area contributed by atoms with Crippen molar-refractivity contribution in [3.8, 4) is 0 Å². The van der Waals surface area contributed by atoms with E-state index in [1.165, 1.54) is 0 Å². The number of likely N-dealkylation sites (N-methyl/N-ethyl adjacent to an activating group) is 2. The Bertz CT molecular complexity index is 447. The van der Waals surface area contributed by atoms with E-state index in [1.54, 1.807) is 13.4 Å². The van der Waals surface area contributed by atoms with Gasteiger partial charge in [0.1, 0.15) is 18.0 Å². The lowest BCUT2D eigenvalue weighted by Crippen LogP contribution is -2.34. The van der Waals surface area contributed by atoms with Crippen LogP contribution in [0.25, 0.3) is 0 Å². The standard InChI is InChI=1S/C14H25N5O/c1-6-7-16-13-12(10(2)3)14(18-9-17-13)19(5)8-11(20)15-4/h9-10H,6-8H2,1-5H3,(H,15,20)(H,16,17,18). The first kappa shape index (κ1) is 16.2. The van der Waals surface area contributed by atoms with Crippen LogP contribution in [0.1, 0.15) is 38.7 Å². The number of carbonyl (C=O) groups is 1. The Labute approximate surface area is 121 Å². The van der Waals surface area contributed by atoms with Crippen molar-refractivity contribution >= 4 is 17.5 Å². The van der Waals surface area contributed by atoms with Gasteiger partial charge >= 0.3 is 0 Å². The van der Waals surface area contributed by atoms with E-state index < -0.39 is 0 Å². The van der Waals surface area contributed by atoms with Crippen LogP contribution in [0.4, 0.5) is 11.6 Å². The topological polar surface area (TPSA) is 70.2 Å².